The van der Waals surface area contributed by atoms with E-state index in [9.17, 15) is 4.79 Å². The number of hydrogen-bond acceptors (Lipinski definition) is 6. The molecule has 1 heterocycles. The second-order valence-corrected chi connectivity index (χ2v) is 8.81. The number of hydrogen-bond donors (Lipinski definition) is 0. The van der Waals surface area contributed by atoms with Crippen LogP contribution in [0.2, 0.25) is 0 Å². The summed E-state index contributed by atoms with van der Waals surface area (Å²) in [5.74, 6) is 2.03. The molecule has 0 bridgehead atoms. The Hall–Kier alpha value is -1.82. The van der Waals surface area contributed by atoms with Crippen LogP contribution in [-0.2, 0) is 9.53 Å². The molecule has 0 radical (unpaired) electrons. The standard InChI is InChI=1S/C21H28N2O3S/c1-13(2)17-10-7-15(4)11-18(17)25-19(24)12-27-21-23-22-20(26-21)16-8-5-14(3)6-9-16/h5-6,8-9,13,15,17-18H,7,10-12H2,1-4H3/t15-,17+,18-/m0/s1. The fraction of sp³-hybridized carbons (Fsp3) is 0.571. The van der Waals surface area contributed by atoms with Gasteiger partial charge in [0.25, 0.3) is 5.22 Å². The number of carbonyl (C=O) groups is 1. The molecule has 0 amide bonds. The Labute approximate surface area is 165 Å². The Morgan fingerprint density at radius 1 is 1.26 bits per heavy atom. The van der Waals surface area contributed by atoms with Gasteiger partial charge in [-0.25, -0.2) is 0 Å². The van der Waals surface area contributed by atoms with E-state index >= 15 is 0 Å². The maximum absolute atomic E-state index is 12.3. The van der Waals surface area contributed by atoms with Crippen molar-refractivity contribution in [3.63, 3.8) is 0 Å². The summed E-state index contributed by atoms with van der Waals surface area (Å²) in [4.78, 5) is 12.3. The van der Waals surface area contributed by atoms with E-state index in [1.807, 2.05) is 31.2 Å². The number of rotatable bonds is 6. The van der Waals surface area contributed by atoms with Crippen LogP contribution in [0.15, 0.2) is 33.9 Å². The first-order chi connectivity index (χ1) is 12.9. The first-order valence-corrected chi connectivity index (χ1v) is 10.6. The summed E-state index contributed by atoms with van der Waals surface area (Å²) in [6.07, 6.45) is 3.33. The van der Waals surface area contributed by atoms with E-state index < -0.39 is 0 Å². The molecule has 0 N–H and O–H groups in total. The van der Waals surface area contributed by atoms with Gasteiger partial charge < -0.3 is 9.15 Å². The van der Waals surface area contributed by atoms with Crippen LogP contribution in [0.25, 0.3) is 11.5 Å². The van der Waals surface area contributed by atoms with Gasteiger partial charge in [-0.15, -0.1) is 10.2 Å². The normalized spacial score (nSPS) is 22.8. The Morgan fingerprint density at radius 3 is 2.70 bits per heavy atom. The summed E-state index contributed by atoms with van der Waals surface area (Å²) in [7, 11) is 0. The van der Waals surface area contributed by atoms with Crippen molar-refractivity contribution in [1.29, 1.82) is 0 Å². The first kappa shape index (κ1) is 19.9. The molecule has 2 aromatic rings. The lowest BCUT2D eigenvalue weighted by Gasteiger charge is -2.36. The minimum atomic E-state index is -0.208. The van der Waals surface area contributed by atoms with Crippen molar-refractivity contribution in [2.45, 2.75) is 58.3 Å². The van der Waals surface area contributed by atoms with Gasteiger partial charge in [-0.2, -0.15) is 0 Å². The number of aromatic nitrogens is 2. The number of esters is 1. The van der Waals surface area contributed by atoms with E-state index in [0.29, 0.717) is 28.9 Å². The van der Waals surface area contributed by atoms with Gasteiger partial charge in [-0.1, -0.05) is 56.7 Å². The monoisotopic (exact) mass is 388 g/mol. The highest BCUT2D eigenvalue weighted by Gasteiger charge is 2.33. The number of thioether (sulfide) groups is 1. The van der Waals surface area contributed by atoms with Crippen LogP contribution in [0, 0.1) is 24.7 Å². The Morgan fingerprint density at radius 2 is 2.00 bits per heavy atom. The largest absolute Gasteiger partial charge is 0.461 e. The molecule has 3 atom stereocenters. The molecule has 3 rings (SSSR count). The zero-order valence-corrected chi connectivity index (χ0v) is 17.3. The highest BCUT2D eigenvalue weighted by Crippen LogP contribution is 2.35. The molecule has 6 heteroatoms. The van der Waals surface area contributed by atoms with Crippen LogP contribution in [0.3, 0.4) is 0 Å². The molecule has 1 aromatic heterocycles. The lowest BCUT2D eigenvalue weighted by Crippen LogP contribution is -2.36. The zero-order valence-electron chi connectivity index (χ0n) is 16.5. The first-order valence-electron chi connectivity index (χ1n) is 9.65. The molecule has 1 fully saturated rings. The fourth-order valence-electron chi connectivity index (χ4n) is 3.65. The molecule has 1 saturated carbocycles. The third-order valence-corrected chi connectivity index (χ3v) is 6.05. The molecule has 1 aliphatic rings. The lowest BCUT2D eigenvalue weighted by molar-refractivity contribution is -0.152. The summed E-state index contributed by atoms with van der Waals surface area (Å²) in [6.45, 7) is 8.68. The van der Waals surface area contributed by atoms with E-state index in [4.69, 9.17) is 9.15 Å². The predicted octanol–water partition coefficient (Wildman–Crippen LogP) is 5.14. The zero-order chi connectivity index (χ0) is 19.4. The van der Waals surface area contributed by atoms with Crippen LogP contribution in [0.1, 0.15) is 45.6 Å². The van der Waals surface area contributed by atoms with E-state index in [-0.39, 0.29) is 17.8 Å². The molecule has 27 heavy (non-hydrogen) atoms. The maximum atomic E-state index is 12.3. The highest BCUT2D eigenvalue weighted by atomic mass is 32.2. The van der Waals surface area contributed by atoms with Gasteiger partial charge in [0.15, 0.2) is 0 Å². The van der Waals surface area contributed by atoms with Gasteiger partial charge in [0.1, 0.15) is 11.9 Å². The van der Waals surface area contributed by atoms with Crippen molar-refractivity contribution >= 4 is 17.7 Å². The predicted molar refractivity (Wildman–Crippen MR) is 106 cm³/mol. The minimum absolute atomic E-state index is 0.0210. The van der Waals surface area contributed by atoms with E-state index in [1.54, 1.807) is 0 Å². The molecule has 0 saturated heterocycles. The SMILES string of the molecule is Cc1ccc(-c2nnc(SCC(=O)O[C@H]3C[C@@H](C)CC[C@@H]3C(C)C)o2)cc1. The third kappa shape index (κ3) is 5.34. The van der Waals surface area contributed by atoms with Crippen molar-refractivity contribution in [2.75, 3.05) is 5.75 Å². The third-order valence-electron chi connectivity index (χ3n) is 5.26. The molecule has 1 aliphatic carbocycles. The van der Waals surface area contributed by atoms with Gasteiger partial charge >= 0.3 is 5.97 Å². The van der Waals surface area contributed by atoms with Gasteiger partial charge in [-0.05, 0) is 49.7 Å². The average molecular weight is 389 g/mol. The van der Waals surface area contributed by atoms with Crippen molar-refractivity contribution in [1.82, 2.24) is 10.2 Å². The van der Waals surface area contributed by atoms with Crippen LogP contribution in [-0.4, -0.2) is 28.0 Å². The number of aryl methyl sites for hydroxylation is 1. The second-order valence-electron chi connectivity index (χ2n) is 7.88. The summed E-state index contributed by atoms with van der Waals surface area (Å²) in [5, 5.41) is 8.48. The van der Waals surface area contributed by atoms with Crippen LogP contribution >= 0.6 is 11.8 Å². The number of benzene rings is 1. The van der Waals surface area contributed by atoms with Crippen molar-refractivity contribution in [2.24, 2.45) is 17.8 Å². The summed E-state index contributed by atoms with van der Waals surface area (Å²) in [6, 6.07) is 7.89. The maximum Gasteiger partial charge on any atom is 0.316 e. The second kappa shape index (κ2) is 8.91. The quantitative estimate of drug-likeness (QED) is 0.504. The van der Waals surface area contributed by atoms with Crippen molar-refractivity contribution in [3.05, 3.63) is 29.8 Å². The van der Waals surface area contributed by atoms with Crippen LogP contribution < -0.4 is 0 Å². The van der Waals surface area contributed by atoms with E-state index in [2.05, 4.69) is 31.0 Å². The Kier molecular flexibility index (Phi) is 6.58. The molecule has 0 aliphatic heterocycles. The van der Waals surface area contributed by atoms with Gasteiger partial charge in [-0.3, -0.25) is 4.79 Å². The molecule has 1 aromatic carbocycles. The number of carbonyl (C=O) groups excluding carboxylic acids is 1. The molecular weight excluding hydrogens is 360 g/mol. The summed E-state index contributed by atoms with van der Waals surface area (Å²) < 4.78 is 11.5. The Bertz CT molecular complexity index is 757. The lowest BCUT2D eigenvalue weighted by atomic mass is 9.75. The Balaban J connectivity index is 1.54. The number of nitrogens with zero attached hydrogens (tertiary/aromatic N) is 2. The van der Waals surface area contributed by atoms with Gasteiger partial charge in [0.05, 0.1) is 0 Å². The van der Waals surface area contributed by atoms with E-state index in [1.165, 1.54) is 23.7 Å². The average Bonchev–Trinajstić information content (AvgIpc) is 3.09. The fourth-order valence-corrected chi connectivity index (χ4v) is 4.20. The van der Waals surface area contributed by atoms with Crippen LogP contribution in [0.5, 0.6) is 0 Å². The smallest absolute Gasteiger partial charge is 0.316 e. The summed E-state index contributed by atoms with van der Waals surface area (Å²) >= 11 is 1.23. The van der Waals surface area contributed by atoms with E-state index in [0.717, 1.165) is 18.4 Å². The topological polar surface area (TPSA) is 65.2 Å². The molecular formula is C21H28N2O3S. The minimum Gasteiger partial charge on any atom is -0.461 e. The van der Waals surface area contributed by atoms with Crippen LogP contribution in [0.4, 0.5) is 0 Å². The molecule has 0 unspecified atom stereocenters. The molecule has 146 valence electrons. The molecule has 5 nitrogen and oxygen atoms in total. The summed E-state index contributed by atoms with van der Waals surface area (Å²) in [5.41, 5.74) is 2.05. The number of ether oxygens (including phenoxy) is 1. The van der Waals surface area contributed by atoms with Gasteiger partial charge in [0, 0.05) is 5.56 Å². The molecule has 0 spiro atoms. The van der Waals surface area contributed by atoms with Crippen molar-refractivity contribution < 1.29 is 13.9 Å². The highest BCUT2D eigenvalue weighted by molar-refractivity contribution is 7.99. The van der Waals surface area contributed by atoms with Crippen molar-refractivity contribution in [3.8, 4) is 11.5 Å². The van der Waals surface area contributed by atoms with Gasteiger partial charge in [0.2, 0.25) is 5.89 Å².